The van der Waals surface area contributed by atoms with Gasteiger partial charge < -0.3 is 29.7 Å². The number of allylic oxidation sites excluding steroid dienone is 1. The molecule has 0 aromatic heterocycles. The number of esters is 1. The Morgan fingerprint density at radius 3 is 2.52 bits per heavy atom. The van der Waals surface area contributed by atoms with Crippen molar-refractivity contribution in [1.82, 2.24) is 15.1 Å². The average Bonchev–Trinajstić information content (AvgIpc) is 3.55. The van der Waals surface area contributed by atoms with Gasteiger partial charge in [0.1, 0.15) is 18.2 Å². The maximum Gasteiger partial charge on any atom is 0.306 e. The highest BCUT2D eigenvalue weighted by molar-refractivity contribution is 6.00. The molecule has 3 amide bonds. The van der Waals surface area contributed by atoms with Gasteiger partial charge in [-0.05, 0) is 32.8 Å². The van der Waals surface area contributed by atoms with Crippen LogP contribution in [-0.2, 0) is 28.7 Å². The van der Waals surface area contributed by atoms with Gasteiger partial charge in [-0.25, -0.2) is 0 Å². The molecule has 5 rings (SSSR count). The average molecular weight is 552 g/mol. The number of rotatable bonds is 3. The zero-order chi connectivity index (χ0) is 28.7. The lowest BCUT2D eigenvalue weighted by Crippen LogP contribution is -2.59. The van der Waals surface area contributed by atoms with Crippen LogP contribution >= 0.6 is 0 Å². The van der Waals surface area contributed by atoms with Crippen molar-refractivity contribution in [3.8, 4) is 0 Å². The maximum atomic E-state index is 14.3. The van der Waals surface area contributed by atoms with Gasteiger partial charge in [-0.3, -0.25) is 19.2 Å². The topological polar surface area (TPSA) is 125 Å². The van der Waals surface area contributed by atoms with Crippen molar-refractivity contribution in [3.05, 3.63) is 60.2 Å². The molecule has 2 N–H and O–H groups in total. The molecule has 40 heavy (non-hydrogen) atoms. The lowest BCUT2D eigenvalue weighted by molar-refractivity contribution is -0.151. The number of carbonyl (C=O) groups excluding carboxylic acids is 4. The van der Waals surface area contributed by atoms with Crippen molar-refractivity contribution in [3.63, 3.8) is 0 Å². The minimum atomic E-state index is -1.33. The monoisotopic (exact) mass is 551 g/mol. The van der Waals surface area contributed by atoms with Crippen LogP contribution in [0.1, 0.15) is 45.2 Å². The highest BCUT2D eigenvalue weighted by atomic mass is 16.5. The first-order valence-electron chi connectivity index (χ1n) is 13.8. The standard InChI is InChI=1S/C30H37N3O7/c1-29(2,3)33-15-9-5-8-12-22(35)39-18-20(19-10-6-4-7-11-19)31-26(36)23-21-13-14-30(40-21)24(23)27(37)32(16-17-34)25(30)28(33)38/h4-7,9-11,13-14,20-21,23-25,34H,8,12,15-18H2,1-3H3,(H,31,36)/b9-5-/t20-,21-,23+,24+,25-,30+/m1/s1. The zero-order valence-electron chi connectivity index (χ0n) is 23.1. The van der Waals surface area contributed by atoms with E-state index in [9.17, 15) is 24.3 Å². The summed E-state index contributed by atoms with van der Waals surface area (Å²) >= 11 is 0. The van der Waals surface area contributed by atoms with Crippen LogP contribution in [0.3, 0.4) is 0 Å². The van der Waals surface area contributed by atoms with Crippen molar-refractivity contribution >= 4 is 23.7 Å². The number of nitrogens with zero attached hydrogens (tertiary/aromatic N) is 2. The van der Waals surface area contributed by atoms with Gasteiger partial charge in [0.15, 0.2) is 0 Å². The molecular weight excluding hydrogens is 514 g/mol. The molecular formula is C30H37N3O7. The molecule has 10 nitrogen and oxygen atoms in total. The van der Waals surface area contributed by atoms with E-state index in [1.54, 1.807) is 17.1 Å². The molecule has 5 bridgehead atoms. The number of likely N-dealkylation sites (tertiary alicyclic amines) is 1. The summed E-state index contributed by atoms with van der Waals surface area (Å²) in [7, 11) is 0. The molecule has 0 unspecified atom stereocenters. The molecule has 0 radical (unpaired) electrons. The first-order valence-corrected chi connectivity index (χ1v) is 13.8. The molecule has 6 atom stereocenters. The largest absolute Gasteiger partial charge is 0.463 e. The quantitative estimate of drug-likeness (QED) is 0.431. The number of carbonyl (C=O) groups is 4. The molecule has 214 valence electrons. The van der Waals surface area contributed by atoms with Gasteiger partial charge in [-0.1, -0.05) is 54.6 Å². The van der Waals surface area contributed by atoms with Crippen molar-refractivity contribution in [2.75, 3.05) is 26.3 Å². The molecule has 1 aromatic carbocycles. The minimum Gasteiger partial charge on any atom is -0.463 e. The summed E-state index contributed by atoms with van der Waals surface area (Å²) in [5.74, 6) is -3.36. The maximum absolute atomic E-state index is 14.3. The fraction of sp³-hybridized carbons (Fsp3) is 0.533. The van der Waals surface area contributed by atoms with E-state index >= 15 is 0 Å². The lowest BCUT2D eigenvalue weighted by atomic mass is 9.74. The Labute approximate surface area is 234 Å². The van der Waals surface area contributed by atoms with Crippen LogP contribution in [0.2, 0.25) is 0 Å². The van der Waals surface area contributed by atoms with Crippen molar-refractivity contribution in [2.24, 2.45) is 11.8 Å². The van der Waals surface area contributed by atoms with E-state index in [-0.39, 0.29) is 38.6 Å². The zero-order valence-corrected chi connectivity index (χ0v) is 23.1. The highest BCUT2D eigenvalue weighted by Crippen LogP contribution is 2.55. The molecule has 1 aromatic rings. The van der Waals surface area contributed by atoms with Gasteiger partial charge >= 0.3 is 5.97 Å². The van der Waals surface area contributed by atoms with Gasteiger partial charge in [-0.2, -0.15) is 0 Å². The van der Waals surface area contributed by atoms with Gasteiger partial charge in [0.2, 0.25) is 17.7 Å². The van der Waals surface area contributed by atoms with E-state index in [0.29, 0.717) is 6.42 Å². The number of cyclic esters (lactones) is 1. The number of fused-ring (bicyclic) bond motifs is 2. The first kappa shape index (κ1) is 28.0. The van der Waals surface area contributed by atoms with Gasteiger partial charge in [0, 0.05) is 25.0 Å². The fourth-order valence-corrected chi connectivity index (χ4v) is 6.36. The molecule has 2 fully saturated rings. The fourth-order valence-electron chi connectivity index (χ4n) is 6.36. The number of hydrogen-bond donors (Lipinski definition) is 2. The Morgan fingerprint density at radius 1 is 1.07 bits per heavy atom. The van der Waals surface area contributed by atoms with Crippen molar-refractivity contribution < 1.29 is 33.8 Å². The van der Waals surface area contributed by atoms with E-state index in [1.807, 2.05) is 63.3 Å². The molecule has 0 saturated carbocycles. The van der Waals surface area contributed by atoms with E-state index in [4.69, 9.17) is 9.47 Å². The van der Waals surface area contributed by atoms with Crippen LogP contribution in [0.15, 0.2) is 54.6 Å². The van der Waals surface area contributed by atoms with Crippen LogP contribution < -0.4 is 5.32 Å². The Kier molecular flexibility index (Phi) is 7.58. The summed E-state index contributed by atoms with van der Waals surface area (Å²) in [6, 6.07) is 7.52. The Balaban J connectivity index is 1.57. The molecule has 0 aliphatic carbocycles. The van der Waals surface area contributed by atoms with Crippen LogP contribution in [0.4, 0.5) is 0 Å². The Hall–Kier alpha value is -3.50. The first-order chi connectivity index (χ1) is 19.1. The van der Waals surface area contributed by atoms with Crippen LogP contribution in [0, 0.1) is 11.8 Å². The number of aliphatic hydroxyl groups is 1. The highest BCUT2D eigenvalue weighted by Gasteiger charge is 2.73. The van der Waals surface area contributed by atoms with Crippen LogP contribution in [0.5, 0.6) is 0 Å². The van der Waals surface area contributed by atoms with Gasteiger partial charge in [0.25, 0.3) is 0 Å². The Bertz CT molecular complexity index is 1220. The van der Waals surface area contributed by atoms with E-state index in [0.717, 1.165) is 5.56 Å². The van der Waals surface area contributed by atoms with Crippen molar-refractivity contribution in [2.45, 2.75) is 62.9 Å². The smallest absolute Gasteiger partial charge is 0.306 e. The van der Waals surface area contributed by atoms with Gasteiger partial charge in [-0.15, -0.1) is 0 Å². The van der Waals surface area contributed by atoms with Crippen molar-refractivity contribution in [1.29, 1.82) is 0 Å². The molecule has 4 heterocycles. The number of benzene rings is 1. The molecule has 1 spiro atoms. The number of nitrogens with one attached hydrogen (secondary N) is 1. The normalized spacial score (nSPS) is 33.6. The van der Waals surface area contributed by atoms with Crippen LogP contribution in [-0.4, -0.2) is 88.2 Å². The second kappa shape index (κ2) is 10.8. The molecule has 10 heteroatoms. The van der Waals surface area contributed by atoms with Crippen LogP contribution in [0.25, 0.3) is 0 Å². The van der Waals surface area contributed by atoms with E-state index in [1.165, 1.54) is 4.90 Å². The third kappa shape index (κ3) is 4.83. The lowest BCUT2D eigenvalue weighted by Gasteiger charge is -2.41. The summed E-state index contributed by atoms with van der Waals surface area (Å²) in [4.78, 5) is 57.7. The molecule has 4 aliphatic rings. The summed E-state index contributed by atoms with van der Waals surface area (Å²) in [5, 5.41) is 12.8. The third-order valence-corrected chi connectivity index (χ3v) is 8.23. The number of β-amino-alcohol motifs (C(OH)–C–C–N with tert-alkyl or cyclic N) is 1. The minimum absolute atomic E-state index is 0.0554. The third-order valence-electron chi connectivity index (χ3n) is 8.23. The van der Waals surface area contributed by atoms with Gasteiger partial charge in [0.05, 0.1) is 30.6 Å². The number of amides is 3. The summed E-state index contributed by atoms with van der Waals surface area (Å²) in [5.41, 5.74) is -1.18. The van der Waals surface area contributed by atoms with E-state index < -0.39 is 58.9 Å². The Morgan fingerprint density at radius 2 is 1.82 bits per heavy atom. The van der Waals surface area contributed by atoms with E-state index in [2.05, 4.69) is 5.32 Å². The predicted molar refractivity (Wildman–Crippen MR) is 144 cm³/mol. The molecule has 2 saturated heterocycles. The number of ether oxygens (including phenoxy) is 2. The number of aliphatic hydroxyl groups excluding tert-OH is 1. The number of hydrogen-bond acceptors (Lipinski definition) is 7. The summed E-state index contributed by atoms with van der Waals surface area (Å²) < 4.78 is 11.9. The predicted octanol–water partition coefficient (Wildman–Crippen LogP) is 1.51. The summed E-state index contributed by atoms with van der Waals surface area (Å²) in [6.45, 7) is 5.52. The SMILES string of the molecule is CC(C)(C)N1C/C=C\CCC(=O)OC[C@H](c2ccccc2)NC(=O)[C@@H]2[C@H]3C(=O)N(CCO)[C@H](C1=O)[C@]31C=C[C@H]2O1. The molecule has 4 aliphatic heterocycles. The second-order valence-electron chi connectivity index (χ2n) is 11.7. The second-order valence-corrected chi connectivity index (χ2v) is 11.7. The summed E-state index contributed by atoms with van der Waals surface area (Å²) in [6.07, 6.45) is 7.07.